The molecular weight excluding hydrogens is 318 g/mol. The molecule has 1 unspecified atom stereocenters. The Kier molecular flexibility index (Phi) is 5.60. The molecule has 1 atom stereocenters. The molecule has 0 saturated carbocycles. The molecule has 6 nitrogen and oxygen atoms in total. The summed E-state index contributed by atoms with van der Waals surface area (Å²) < 4.78 is 6.63. The highest BCUT2D eigenvalue weighted by atomic mass is 16.5. The van der Waals surface area contributed by atoms with Crippen LogP contribution in [0.3, 0.4) is 0 Å². The van der Waals surface area contributed by atoms with Gasteiger partial charge in [-0.3, -0.25) is 9.59 Å². The maximum atomic E-state index is 12.6. The predicted molar refractivity (Wildman–Crippen MR) is 95.1 cm³/mol. The molecule has 0 spiro atoms. The van der Waals surface area contributed by atoms with Gasteiger partial charge in [-0.25, -0.2) is 4.68 Å². The molecule has 0 aliphatic carbocycles. The average molecular weight is 341 g/mol. The first-order valence-electron chi connectivity index (χ1n) is 8.66. The van der Waals surface area contributed by atoms with Gasteiger partial charge in [0.25, 0.3) is 5.56 Å². The molecule has 132 valence electrons. The first-order valence-corrected chi connectivity index (χ1v) is 8.66. The number of hydrogen-bond acceptors (Lipinski definition) is 4. The Morgan fingerprint density at radius 2 is 2.08 bits per heavy atom. The molecule has 1 saturated heterocycles. The van der Waals surface area contributed by atoms with Gasteiger partial charge in [-0.1, -0.05) is 30.3 Å². The molecule has 0 bridgehead atoms. The molecular formula is C19H23N3O3. The van der Waals surface area contributed by atoms with Crippen LogP contribution in [0.1, 0.15) is 13.3 Å². The monoisotopic (exact) mass is 341 g/mol. The quantitative estimate of drug-likeness (QED) is 0.804. The lowest BCUT2D eigenvalue weighted by Gasteiger charge is -2.23. The van der Waals surface area contributed by atoms with Crippen LogP contribution in [0.4, 0.5) is 0 Å². The number of nitrogens with zero attached hydrogens (tertiary/aromatic N) is 3. The minimum absolute atomic E-state index is 0.0407. The SMILES string of the molecule is CCN(CC1CCOC1)C(=O)Cn1nc(-c2ccccc2)ccc1=O. The largest absolute Gasteiger partial charge is 0.381 e. The Balaban J connectivity index is 1.74. The summed E-state index contributed by atoms with van der Waals surface area (Å²) in [6, 6.07) is 12.8. The van der Waals surface area contributed by atoms with Crippen molar-refractivity contribution in [3.8, 4) is 11.3 Å². The fourth-order valence-electron chi connectivity index (χ4n) is 3.00. The maximum Gasteiger partial charge on any atom is 0.267 e. The third-order valence-electron chi connectivity index (χ3n) is 4.46. The molecule has 2 heterocycles. The number of hydrogen-bond donors (Lipinski definition) is 0. The minimum Gasteiger partial charge on any atom is -0.381 e. The molecule has 0 N–H and O–H groups in total. The van der Waals surface area contributed by atoms with Gasteiger partial charge in [-0.2, -0.15) is 5.10 Å². The van der Waals surface area contributed by atoms with Crippen LogP contribution < -0.4 is 5.56 Å². The van der Waals surface area contributed by atoms with E-state index in [1.54, 1.807) is 11.0 Å². The second kappa shape index (κ2) is 8.07. The van der Waals surface area contributed by atoms with E-state index in [1.165, 1.54) is 10.7 Å². The van der Waals surface area contributed by atoms with E-state index in [9.17, 15) is 9.59 Å². The lowest BCUT2D eigenvalue weighted by Crippen LogP contribution is -2.40. The van der Waals surface area contributed by atoms with Gasteiger partial charge in [0.2, 0.25) is 5.91 Å². The third kappa shape index (κ3) is 4.33. The van der Waals surface area contributed by atoms with Crippen molar-refractivity contribution in [2.45, 2.75) is 19.9 Å². The summed E-state index contributed by atoms with van der Waals surface area (Å²) in [6.45, 7) is 4.65. The molecule has 1 aromatic carbocycles. The molecule has 1 amide bonds. The number of benzene rings is 1. The smallest absolute Gasteiger partial charge is 0.267 e. The predicted octanol–water partition coefficient (Wildman–Crippen LogP) is 1.80. The molecule has 1 aliphatic rings. The summed E-state index contributed by atoms with van der Waals surface area (Å²) in [5.41, 5.74) is 1.33. The van der Waals surface area contributed by atoms with Gasteiger partial charge >= 0.3 is 0 Å². The molecule has 25 heavy (non-hydrogen) atoms. The Morgan fingerprint density at radius 1 is 1.28 bits per heavy atom. The van der Waals surface area contributed by atoms with Crippen molar-refractivity contribution in [3.05, 3.63) is 52.8 Å². The van der Waals surface area contributed by atoms with Gasteiger partial charge in [0, 0.05) is 37.2 Å². The number of ether oxygens (including phenoxy) is 1. The fraction of sp³-hybridized carbons (Fsp3) is 0.421. The Hall–Kier alpha value is -2.47. The van der Waals surface area contributed by atoms with E-state index in [1.807, 2.05) is 37.3 Å². The topological polar surface area (TPSA) is 64.4 Å². The normalized spacial score (nSPS) is 16.8. The van der Waals surface area contributed by atoms with Crippen molar-refractivity contribution in [3.63, 3.8) is 0 Å². The van der Waals surface area contributed by atoms with E-state index >= 15 is 0 Å². The van der Waals surface area contributed by atoms with Crippen molar-refractivity contribution < 1.29 is 9.53 Å². The highest BCUT2D eigenvalue weighted by molar-refractivity contribution is 5.76. The highest BCUT2D eigenvalue weighted by Gasteiger charge is 2.22. The van der Waals surface area contributed by atoms with Crippen molar-refractivity contribution in [2.24, 2.45) is 5.92 Å². The number of rotatable bonds is 6. The molecule has 6 heteroatoms. The van der Waals surface area contributed by atoms with Crippen LogP contribution in [0.2, 0.25) is 0 Å². The van der Waals surface area contributed by atoms with Crippen LogP contribution in [0.5, 0.6) is 0 Å². The number of carbonyl (C=O) groups excluding carboxylic acids is 1. The maximum absolute atomic E-state index is 12.6. The van der Waals surface area contributed by atoms with Crippen LogP contribution in [0.15, 0.2) is 47.3 Å². The molecule has 1 aliphatic heterocycles. The average Bonchev–Trinajstić information content (AvgIpc) is 3.15. The number of amides is 1. The van der Waals surface area contributed by atoms with Gasteiger partial charge in [-0.15, -0.1) is 0 Å². The molecule has 0 radical (unpaired) electrons. The van der Waals surface area contributed by atoms with Gasteiger partial charge in [0.15, 0.2) is 0 Å². The highest BCUT2D eigenvalue weighted by Crippen LogP contribution is 2.15. The zero-order valence-corrected chi connectivity index (χ0v) is 14.4. The van der Waals surface area contributed by atoms with E-state index in [0.717, 1.165) is 18.6 Å². The van der Waals surface area contributed by atoms with Crippen LogP contribution in [0.25, 0.3) is 11.3 Å². The van der Waals surface area contributed by atoms with Gasteiger partial charge in [-0.05, 0) is 19.4 Å². The summed E-state index contributed by atoms with van der Waals surface area (Å²) in [7, 11) is 0. The Morgan fingerprint density at radius 3 is 2.76 bits per heavy atom. The Bertz CT molecular complexity index is 767. The van der Waals surface area contributed by atoms with Crippen LogP contribution in [-0.2, 0) is 16.1 Å². The second-order valence-corrected chi connectivity index (χ2v) is 6.24. The fourth-order valence-corrected chi connectivity index (χ4v) is 3.00. The molecule has 1 fully saturated rings. The summed E-state index contributed by atoms with van der Waals surface area (Å²) >= 11 is 0. The van der Waals surface area contributed by atoms with Crippen molar-refractivity contribution >= 4 is 5.91 Å². The lowest BCUT2D eigenvalue weighted by molar-refractivity contribution is -0.132. The van der Waals surface area contributed by atoms with E-state index in [4.69, 9.17) is 4.74 Å². The van der Waals surface area contributed by atoms with Crippen LogP contribution >= 0.6 is 0 Å². The number of likely N-dealkylation sites (N-methyl/N-ethyl adjacent to an activating group) is 1. The Labute approximate surface area is 147 Å². The summed E-state index contributed by atoms with van der Waals surface area (Å²) in [5, 5.41) is 4.36. The van der Waals surface area contributed by atoms with Crippen LogP contribution in [0, 0.1) is 5.92 Å². The van der Waals surface area contributed by atoms with Crippen molar-refractivity contribution in [2.75, 3.05) is 26.3 Å². The van der Waals surface area contributed by atoms with E-state index < -0.39 is 0 Å². The summed E-state index contributed by atoms with van der Waals surface area (Å²) in [4.78, 5) is 26.5. The van der Waals surface area contributed by atoms with E-state index in [0.29, 0.717) is 31.3 Å². The number of aromatic nitrogens is 2. The molecule has 3 rings (SSSR count). The summed E-state index contributed by atoms with van der Waals surface area (Å²) in [5.74, 6) is 0.290. The van der Waals surface area contributed by atoms with Crippen LogP contribution in [-0.4, -0.2) is 46.9 Å². The molecule has 1 aromatic heterocycles. The minimum atomic E-state index is -0.270. The van der Waals surface area contributed by atoms with Gasteiger partial charge in [0.05, 0.1) is 12.3 Å². The second-order valence-electron chi connectivity index (χ2n) is 6.24. The third-order valence-corrected chi connectivity index (χ3v) is 4.46. The first-order chi connectivity index (χ1) is 12.2. The van der Waals surface area contributed by atoms with Gasteiger partial charge in [0.1, 0.15) is 6.54 Å². The lowest BCUT2D eigenvalue weighted by atomic mass is 10.1. The van der Waals surface area contributed by atoms with E-state index in [-0.39, 0.29) is 18.0 Å². The first kappa shape index (κ1) is 17.4. The van der Waals surface area contributed by atoms with E-state index in [2.05, 4.69) is 5.10 Å². The zero-order valence-electron chi connectivity index (χ0n) is 14.4. The van der Waals surface area contributed by atoms with Crippen molar-refractivity contribution in [1.82, 2.24) is 14.7 Å². The standard InChI is InChI=1S/C19H23N3O3/c1-2-21(12-15-10-11-25-14-15)19(24)13-22-18(23)9-8-17(20-22)16-6-4-3-5-7-16/h3-9,15H,2,10-14H2,1H3. The number of carbonyl (C=O) groups is 1. The van der Waals surface area contributed by atoms with Gasteiger partial charge < -0.3 is 9.64 Å². The zero-order chi connectivity index (χ0) is 17.6. The van der Waals surface area contributed by atoms with Crippen molar-refractivity contribution in [1.29, 1.82) is 0 Å². The molecule has 2 aromatic rings. The summed E-state index contributed by atoms with van der Waals surface area (Å²) in [6.07, 6.45) is 0.978.